The zero-order chi connectivity index (χ0) is 13.1. The van der Waals surface area contributed by atoms with Gasteiger partial charge < -0.3 is 5.11 Å². The van der Waals surface area contributed by atoms with Gasteiger partial charge in [-0.05, 0) is 42.3 Å². The fourth-order valence-electron chi connectivity index (χ4n) is 2.15. The van der Waals surface area contributed by atoms with Gasteiger partial charge in [-0.3, -0.25) is 0 Å². The highest BCUT2D eigenvalue weighted by atomic mass is 19.1. The Labute approximate surface area is 105 Å². The molecule has 2 aromatic carbocycles. The van der Waals surface area contributed by atoms with Crippen LogP contribution in [0.2, 0.25) is 0 Å². The molecule has 3 heteroatoms. The van der Waals surface area contributed by atoms with Gasteiger partial charge in [-0.25, -0.2) is 8.78 Å². The summed E-state index contributed by atoms with van der Waals surface area (Å²) >= 11 is 0. The molecule has 18 heavy (non-hydrogen) atoms. The van der Waals surface area contributed by atoms with Gasteiger partial charge in [0.05, 0.1) is 6.10 Å². The fourth-order valence-corrected chi connectivity index (χ4v) is 2.15. The Hall–Kier alpha value is -1.74. The molecule has 2 aromatic rings. The molecule has 2 rings (SSSR count). The van der Waals surface area contributed by atoms with Crippen LogP contribution in [0.25, 0.3) is 0 Å². The molecule has 1 nitrogen and oxygen atoms in total. The van der Waals surface area contributed by atoms with E-state index in [1.165, 1.54) is 24.3 Å². The highest BCUT2D eigenvalue weighted by Gasteiger charge is 2.20. The molecule has 0 aliphatic carbocycles. The molecule has 0 saturated heterocycles. The number of hydrogen-bond acceptors (Lipinski definition) is 1. The lowest BCUT2D eigenvalue weighted by Crippen LogP contribution is -2.16. The SMILES string of the molecule is CC(O)C(c1cccc(F)c1)c1cccc(F)c1. The van der Waals surface area contributed by atoms with E-state index in [0.29, 0.717) is 11.1 Å². The molecule has 0 fully saturated rings. The Morgan fingerprint density at radius 2 is 1.33 bits per heavy atom. The molecule has 0 saturated carbocycles. The topological polar surface area (TPSA) is 20.2 Å². The van der Waals surface area contributed by atoms with Crippen LogP contribution in [0.15, 0.2) is 48.5 Å². The van der Waals surface area contributed by atoms with Crippen LogP contribution in [-0.4, -0.2) is 11.2 Å². The number of benzene rings is 2. The van der Waals surface area contributed by atoms with Gasteiger partial charge in [0.1, 0.15) is 11.6 Å². The van der Waals surface area contributed by atoms with Gasteiger partial charge in [-0.2, -0.15) is 0 Å². The Bertz CT molecular complexity index is 492. The van der Waals surface area contributed by atoms with Gasteiger partial charge in [0.15, 0.2) is 0 Å². The second-order valence-corrected chi connectivity index (χ2v) is 4.33. The first kappa shape index (κ1) is 12.7. The molecule has 0 heterocycles. The van der Waals surface area contributed by atoms with Crippen molar-refractivity contribution < 1.29 is 13.9 Å². The lowest BCUT2D eigenvalue weighted by atomic mass is 9.87. The van der Waals surface area contributed by atoms with E-state index in [1.54, 1.807) is 31.2 Å². The summed E-state index contributed by atoms with van der Waals surface area (Å²) in [5.41, 5.74) is 1.27. The van der Waals surface area contributed by atoms with Crippen molar-refractivity contribution in [3.63, 3.8) is 0 Å². The smallest absolute Gasteiger partial charge is 0.123 e. The van der Waals surface area contributed by atoms with Gasteiger partial charge in [0.25, 0.3) is 0 Å². The third-order valence-corrected chi connectivity index (χ3v) is 2.90. The molecular formula is C15H14F2O. The van der Waals surface area contributed by atoms with Crippen LogP contribution < -0.4 is 0 Å². The van der Waals surface area contributed by atoms with Crippen LogP contribution in [0.5, 0.6) is 0 Å². The summed E-state index contributed by atoms with van der Waals surface area (Å²) in [5, 5.41) is 9.86. The summed E-state index contributed by atoms with van der Waals surface area (Å²) in [4.78, 5) is 0. The van der Waals surface area contributed by atoms with Crippen molar-refractivity contribution >= 4 is 0 Å². The third-order valence-electron chi connectivity index (χ3n) is 2.90. The first-order valence-electron chi connectivity index (χ1n) is 5.77. The normalized spacial score (nSPS) is 12.7. The molecular weight excluding hydrogens is 234 g/mol. The van der Waals surface area contributed by atoms with Crippen LogP contribution in [-0.2, 0) is 0 Å². The van der Waals surface area contributed by atoms with E-state index in [-0.39, 0.29) is 11.6 Å². The number of hydrogen-bond donors (Lipinski definition) is 1. The maximum absolute atomic E-state index is 13.2. The lowest BCUT2D eigenvalue weighted by molar-refractivity contribution is 0.176. The molecule has 1 atom stereocenters. The van der Waals surface area contributed by atoms with Crippen LogP contribution in [0.3, 0.4) is 0 Å². The van der Waals surface area contributed by atoms with E-state index in [9.17, 15) is 13.9 Å². The molecule has 1 unspecified atom stereocenters. The first-order chi connectivity index (χ1) is 8.58. The zero-order valence-electron chi connectivity index (χ0n) is 9.98. The summed E-state index contributed by atoms with van der Waals surface area (Å²) in [6.45, 7) is 1.61. The van der Waals surface area contributed by atoms with Crippen molar-refractivity contribution in [2.75, 3.05) is 0 Å². The zero-order valence-corrected chi connectivity index (χ0v) is 9.98. The predicted molar refractivity (Wildman–Crippen MR) is 66.3 cm³/mol. The Kier molecular flexibility index (Phi) is 3.72. The molecule has 0 aliphatic heterocycles. The molecule has 94 valence electrons. The minimum absolute atomic E-state index is 0.366. The van der Waals surface area contributed by atoms with E-state index in [2.05, 4.69) is 0 Å². The van der Waals surface area contributed by atoms with E-state index < -0.39 is 12.0 Å². The molecule has 1 N–H and O–H groups in total. The number of aliphatic hydroxyl groups is 1. The van der Waals surface area contributed by atoms with Gasteiger partial charge in [-0.1, -0.05) is 24.3 Å². The largest absolute Gasteiger partial charge is 0.392 e. The van der Waals surface area contributed by atoms with E-state index >= 15 is 0 Å². The van der Waals surface area contributed by atoms with Crippen molar-refractivity contribution in [2.24, 2.45) is 0 Å². The van der Waals surface area contributed by atoms with Gasteiger partial charge in [0, 0.05) is 5.92 Å². The molecule has 0 spiro atoms. The van der Waals surface area contributed by atoms with Crippen LogP contribution in [0, 0.1) is 11.6 Å². The van der Waals surface area contributed by atoms with Crippen LogP contribution in [0.4, 0.5) is 8.78 Å². The molecule has 0 aromatic heterocycles. The Morgan fingerprint density at radius 1 is 0.889 bits per heavy atom. The monoisotopic (exact) mass is 248 g/mol. The van der Waals surface area contributed by atoms with Crippen molar-refractivity contribution in [1.29, 1.82) is 0 Å². The van der Waals surface area contributed by atoms with Crippen molar-refractivity contribution in [3.05, 3.63) is 71.3 Å². The summed E-state index contributed by atoms with van der Waals surface area (Å²) in [6, 6.07) is 12.0. The van der Waals surface area contributed by atoms with Crippen molar-refractivity contribution in [1.82, 2.24) is 0 Å². The lowest BCUT2D eigenvalue weighted by Gasteiger charge is -2.21. The predicted octanol–water partition coefficient (Wildman–Crippen LogP) is 3.48. The Morgan fingerprint density at radius 3 is 1.67 bits per heavy atom. The first-order valence-corrected chi connectivity index (χ1v) is 5.77. The van der Waals surface area contributed by atoms with Gasteiger partial charge >= 0.3 is 0 Å². The highest BCUT2D eigenvalue weighted by Crippen LogP contribution is 2.28. The Balaban J connectivity index is 2.46. The van der Waals surface area contributed by atoms with E-state index in [4.69, 9.17) is 0 Å². The maximum atomic E-state index is 13.2. The minimum Gasteiger partial charge on any atom is -0.392 e. The minimum atomic E-state index is -0.728. The number of aliphatic hydroxyl groups excluding tert-OH is 1. The molecule has 0 radical (unpaired) electrons. The van der Waals surface area contributed by atoms with E-state index in [1.807, 2.05) is 0 Å². The summed E-state index contributed by atoms with van der Waals surface area (Å²) in [6.07, 6.45) is -0.728. The third kappa shape index (κ3) is 2.74. The fraction of sp³-hybridized carbons (Fsp3) is 0.200. The van der Waals surface area contributed by atoms with Crippen molar-refractivity contribution in [2.45, 2.75) is 18.9 Å². The average molecular weight is 248 g/mol. The number of rotatable bonds is 3. The van der Waals surface area contributed by atoms with Crippen LogP contribution >= 0.6 is 0 Å². The maximum Gasteiger partial charge on any atom is 0.123 e. The quantitative estimate of drug-likeness (QED) is 0.881. The summed E-state index contributed by atoms with van der Waals surface area (Å²) < 4.78 is 26.5. The average Bonchev–Trinajstić information content (AvgIpc) is 2.28. The van der Waals surface area contributed by atoms with Crippen LogP contribution in [0.1, 0.15) is 24.0 Å². The van der Waals surface area contributed by atoms with Gasteiger partial charge in [-0.15, -0.1) is 0 Å². The highest BCUT2D eigenvalue weighted by molar-refractivity contribution is 5.34. The van der Waals surface area contributed by atoms with Gasteiger partial charge in [0.2, 0.25) is 0 Å². The second kappa shape index (κ2) is 5.27. The number of halogens is 2. The van der Waals surface area contributed by atoms with E-state index in [0.717, 1.165) is 0 Å². The molecule has 0 aliphatic rings. The summed E-state index contributed by atoms with van der Waals surface area (Å²) in [5.74, 6) is -1.17. The molecule has 0 amide bonds. The molecule has 0 bridgehead atoms. The standard InChI is InChI=1S/C15H14F2O/c1-10(18)15(11-4-2-6-13(16)8-11)12-5-3-7-14(17)9-12/h2-10,15,18H,1H3. The van der Waals surface area contributed by atoms with Crippen molar-refractivity contribution in [3.8, 4) is 0 Å². The summed E-state index contributed by atoms with van der Waals surface area (Å²) in [7, 11) is 0. The second-order valence-electron chi connectivity index (χ2n) is 4.33.